The van der Waals surface area contributed by atoms with Crippen LogP contribution in [0.5, 0.6) is 0 Å². The summed E-state index contributed by atoms with van der Waals surface area (Å²) in [6.45, 7) is 2.15. The van der Waals surface area contributed by atoms with Crippen molar-refractivity contribution in [3.8, 4) is 0 Å². The van der Waals surface area contributed by atoms with Crippen molar-refractivity contribution in [3.63, 3.8) is 0 Å². The number of aromatic nitrogens is 2. The third-order valence-corrected chi connectivity index (χ3v) is 2.75. The molecule has 0 aliphatic rings. The Balaban J connectivity index is 2.52. The number of rotatable bonds is 6. The smallest absolute Gasteiger partial charge is 0.310 e. The van der Waals surface area contributed by atoms with Crippen molar-refractivity contribution in [1.82, 2.24) is 9.97 Å². The topological polar surface area (TPSA) is 52.1 Å². The molecule has 4 nitrogen and oxygen atoms in total. The number of hydrogen-bond donors (Lipinski definition) is 0. The van der Waals surface area contributed by atoms with Crippen molar-refractivity contribution in [2.45, 2.75) is 24.9 Å². The van der Waals surface area contributed by atoms with Crippen LogP contribution in [0.4, 0.5) is 0 Å². The van der Waals surface area contributed by atoms with Gasteiger partial charge in [0.05, 0.1) is 13.0 Å². The molecule has 0 bridgehead atoms. The molecule has 0 N–H and O–H groups in total. The largest absolute Gasteiger partial charge is 0.466 e. The first kappa shape index (κ1) is 14.1. The van der Waals surface area contributed by atoms with Crippen molar-refractivity contribution < 1.29 is 9.53 Å². The Morgan fingerprint density at radius 2 is 2.35 bits per heavy atom. The molecule has 0 aromatic carbocycles. The van der Waals surface area contributed by atoms with Crippen LogP contribution in [0.1, 0.15) is 19.0 Å². The third kappa shape index (κ3) is 5.23. The van der Waals surface area contributed by atoms with Crippen LogP contribution in [-0.4, -0.2) is 33.7 Å². The van der Waals surface area contributed by atoms with E-state index in [9.17, 15) is 4.79 Å². The van der Waals surface area contributed by atoms with Gasteiger partial charge in [0.15, 0.2) is 5.16 Å². The average molecular weight is 270 g/mol. The van der Waals surface area contributed by atoms with Gasteiger partial charge in [-0.2, -0.15) is 0 Å². The molecule has 1 rings (SSSR count). The van der Waals surface area contributed by atoms with E-state index in [-0.39, 0.29) is 12.4 Å². The van der Waals surface area contributed by atoms with E-state index in [4.69, 9.17) is 17.0 Å². The van der Waals surface area contributed by atoms with E-state index in [1.54, 1.807) is 19.2 Å². The molecule has 0 atom stereocenters. The van der Waals surface area contributed by atoms with Crippen molar-refractivity contribution in [2.24, 2.45) is 0 Å². The van der Waals surface area contributed by atoms with Crippen LogP contribution in [0, 0.1) is 0 Å². The molecule has 0 aliphatic heterocycles. The summed E-state index contributed by atoms with van der Waals surface area (Å²) in [5, 5.41) is 0.710. The lowest BCUT2D eigenvalue weighted by Gasteiger charge is -2.04. The molecule has 0 amide bonds. The number of carbonyl (C=O) groups is 1. The molecule has 92 valence electrons. The van der Waals surface area contributed by atoms with Gasteiger partial charge in [-0.1, -0.05) is 24.0 Å². The fourth-order valence-electron chi connectivity index (χ4n) is 1.21. The maximum absolute atomic E-state index is 11.2. The molecule has 1 aromatic rings. The highest BCUT2D eigenvalue weighted by Crippen LogP contribution is 2.09. The van der Waals surface area contributed by atoms with Crippen LogP contribution in [0.3, 0.4) is 0 Å². The van der Waals surface area contributed by atoms with Gasteiger partial charge in [0, 0.05) is 23.2 Å². The molecular formula is C11H14N2O2S2. The van der Waals surface area contributed by atoms with Crippen molar-refractivity contribution >= 4 is 34.8 Å². The summed E-state index contributed by atoms with van der Waals surface area (Å²) in [7, 11) is 0. The van der Waals surface area contributed by atoms with Gasteiger partial charge in [-0.05, 0) is 19.2 Å². The van der Waals surface area contributed by atoms with E-state index >= 15 is 0 Å². The average Bonchev–Trinajstić information content (AvgIpc) is 2.29. The Kier molecular flexibility index (Phi) is 6.07. The quantitative estimate of drug-likeness (QED) is 0.341. The van der Waals surface area contributed by atoms with Crippen LogP contribution in [0.15, 0.2) is 17.4 Å². The number of hydrogen-bond acceptors (Lipinski definition) is 6. The van der Waals surface area contributed by atoms with Gasteiger partial charge in [0.2, 0.25) is 0 Å². The van der Waals surface area contributed by atoms with Gasteiger partial charge in [-0.15, -0.1) is 0 Å². The Labute approximate surface area is 110 Å². The molecule has 0 saturated heterocycles. The van der Waals surface area contributed by atoms with Gasteiger partial charge in [0.1, 0.15) is 0 Å². The number of ether oxygens (including phenoxy) is 1. The van der Waals surface area contributed by atoms with Crippen LogP contribution in [0.2, 0.25) is 0 Å². The maximum Gasteiger partial charge on any atom is 0.310 e. The highest BCUT2D eigenvalue weighted by Gasteiger charge is 2.08. The lowest BCUT2D eigenvalue weighted by molar-refractivity contribution is -0.141. The monoisotopic (exact) mass is 270 g/mol. The maximum atomic E-state index is 11.2. The third-order valence-electron chi connectivity index (χ3n) is 1.90. The Morgan fingerprint density at radius 1 is 1.59 bits per heavy atom. The van der Waals surface area contributed by atoms with E-state index in [0.29, 0.717) is 23.0 Å². The minimum Gasteiger partial charge on any atom is -0.466 e. The number of carbonyl (C=O) groups excluding carboxylic acids is 1. The zero-order valence-corrected chi connectivity index (χ0v) is 11.4. The van der Waals surface area contributed by atoms with Crippen LogP contribution >= 0.6 is 24.0 Å². The minimum atomic E-state index is -0.281. The minimum absolute atomic E-state index is 0.168. The Bertz CT molecular complexity index is 410. The summed E-state index contributed by atoms with van der Waals surface area (Å²) in [6, 6.07) is 1.80. The second-order valence-electron chi connectivity index (χ2n) is 3.23. The molecule has 1 aromatic heterocycles. The zero-order valence-electron chi connectivity index (χ0n) is 9.80. The van der Waals surface area contributed by atoms with Gasteiger partial charge in [0.25, 0.3) is 0 Å². The summed E-state index contributed by atoms with van der Waals surface area (Å²) in [4.78, 5) is 20.2. The zero-order chi connectivity index (χ0) is 12.7. The van der Waals surface area contributed by atoms with Crippen LogP contribution < -0.4 is 0 Å². The molecular weight excluding hydrogens is 256 g/mol. The van der Waals surface area contributed by atoms with Crippen molar-refractivity contribution in [2.75, 3.05) is 12.9 Å². The fourth-order valence-corrected chi connectivity index (χ4v) is 1.85. The summed E-state index contributed by atoms with van der Waals surface area (Å²) < 4.78 is 4.83. The SMILES string of the molecule is CCOC(=O)CC(=S)Cc1ccnc(SC)n1. The summed E-state index contributed by atoms with van der Waals surface area (Å²) in [5.74, 6) is -0.281. The summed E-state index contributed by atoms with van der Waals surface area (Å²) in [6.07, 6.45) is 4.28. The first-order valence-electron chi connectivity index (χ1n) is 5.19. The van der Waals surface area contributed by atoms with E-state index in [0.717, 1.165) is 5.69 Å². The second-order valence-corrected chi connectivity index (χ2v) is 4.58. The number of thiocarbonyl (C=S) groups is 1. The van der Waals surface area contributed by atoms with E-state index in [2.05, 4.69) is 9.97 Å². The molecule has 1 heterocycles. The molecule has 17 heavy (non-hydrogen) atoms. The van der Waals surface area contributed by atoms with Gasteiger partial charge < -0.3 is 4.74 Å². The second kappa shape index (κ2) is 7.34. The summed E-state index contributed by atoms with van der Waals surface area (Å²) in [5.41, 5.74) is 0.832. The molecule has 0 spiro atoms. The molecule has 0 aliphatic carbocycles. The number of nitrogens with zero attached hydrogens (tertiary/aromatic N) is 2. The van der Waals surface area contributed by atoms with E-state index in [1.807, 2.05) is 6.26 Å². The predicted octanol–water partition coefficient (Wildman–Crippen LogP) is 2.06. The van der Waals surface area contributed by atoms with Crippen LogP contribution in [0.25, 0.3) is 0 Å². The molecule has 0 radical (unpaired) electrons. The molecule has 6 heteroatoms. The first-order valence-corrected chi connectivity index (χ1v) is 6.82. The lowest BCUT2D eigenvalue weighted by Crippen LogP contribution is -2.12. The Hall–Kier alpha value is -1.01. The van der Waals surface area contributed by atoms with Crippen molar-refractivity contribution in [3.05, 3.63) is 18.0 Å². The molecule has 0 fully saturated rings. The lowest BCUT2D eigenvalue weighted by atomic mass is 10.2. The number of thioether (sulfide) groups is 1. The Morgan fingerprint density at radius 3 is 3.00 bits per heavy atom. The highest BCUT2D eigenvalue weighted by molar-refractivity contribution is 7.98. The number of esters is 1. The fraction of sp³-hybridized carbons (Fsp3) is 0.455. The predicted molar refractivity (Wildman–Crippen MR) is 71.4 cm³/mol. The van der Waals surface area contributed by atoms with Crippen LogP contribution in [-0.2, 0) is 16.0 Å². The van der Waals surface area contributed by atoms with Gasteiger partial charge in [-0.25, -0.2) is 9.97 Å². The summed E-state index contributed by atoms with van der Waals surface area (Å²) >= 11 is 6.61. The standard InChI is InChI=1S/C11H14N2O2S2/c1-3-15-10(14)7-9(16)6-8-4-5-12-11(13-8)17-2/h4-5H,3,6-7H2,1-2H3. The van der Waals surface area contributed by atoms with Gasteiger partial charge >= 0.3 is 5.97 Å². The highest BCUT2D eigenvalue weighted by atomic mass is 32.2. The van der Waals surface area contributed by atoms with Crippen molar-refractivity contribution in [1.29, 1.82) is 0 Å². The molecule has 0 unspecified atom stereocenters. The van der Waals surface area contributed by atoms with E-state index < -0.39 is 0 Å². The van der Waals surface area contributed by atoms with E-state index in [1.165, 1.54) is 11.8 Å². The first-order chi connectivity index (χ1) is 8.15. The molecule has 0 saturated carbocycles. The normalized spacial score (nSPS) is 10.0. The van der Waals surface area contributed by atoms with Gasteiger partial charge in [-0.3, -0.25) is 4.79 Å².